The van der Waals surface area contributed by atoms with E-state index in [1.807, 2.05) is 0 Å². The number of hydrogen-bond acceptors (Lipinski definition) is 4. The first-order valence-electron chi connectivity index (χ1n) is 6.71. The second-order valence-electron chi connectivity index (χ2n) is 4.83. The van der Waals surface area contributed by atoms with Crippen molar-refractivity contribution in [2.24, 2.45) is 5.92 Å². The van der Waals surface area contributed by atoms with Crippen LogP contribution >= 0.6 is 0 Å². The summed E-state index contributed by atoms with van der Waals surface area (Å²) in [5.41, 5.74) is 0.632. The Morgan fingerprint density at radius 2 is 2.35 bits per heavy atom. The summed E-state index contributed by atoms with van der Waals surface area (Å²) < 4.78 is 25.2. The van der Waals surface area contributed by atoms with Gasteiger partial charge >= 0.3 is 0 Å². The van der Waals surface area contributed by atoms with Crippen molar-refractivity contribution in [1.29, 1.82) is 0 Å². The Morgan fingerprint density at radius 3 is 3.00 bits per heavy atom. The lowest BCUT2D eigenvalue weighted by Crippen LogP contribution is -2.44. The molecule has 1 aliphatic heterocycles. The van der Waals surface area contributed by atoms with Crippen molar-refractivity contribution >= 4 is 21.6 Å². The number of amides is 1. The Kier molecular flexibility index (Phi) is 4.72. The van der Waals surface area contributed by atoms with Gasteiger partial charge in [0.2, 0.25) is 15.9 Å². The minimum Gasteiger partial charge on any atom is -0.324 e. The fourth-order valence-corrected chi connectivity index (χ4v) is 3.45. The molecule has 0 saturated carbocycles. The Hall–Kier alpha value is -1.47. The second-order valence-corrected chi connectivity index (χ2v) is 7.09. The van der Waals surface area contributed by atoms with Crippen molar-refractivity contribution in [3.8, 4) is 0 Å². The van der Waals surface area contributed by atoms with Crippen molar-refractivity contribution in [2.75, 3.05) is 24.2 Å². The summed E-state index contributed by atoms with van der Waals surface area (Å²) >= 11 is 0. The van der Waals surface area contributed by atoms with Gasteiger partial charge in [0.15, 0.2) is 0 Å². The maximum Gasteiger partial charge on any atom is 0.228 e. The van der Waals surface area contributed by atoms with Crippen molar-refractivity contribution in [3.63, 3.8) is 0 Å². The number of hydrogen-bond donors (Lipinski definition) is 1. The number of anilines is 1. The van der Waals surface area contributed by atoms with Gasteiger partial charge in [-0.15, -0.1) is 0 Å². The molecule has 20 heavy (non-hydrogen) atoms. The molecule has 110 valence electrons. The molecule has 0 radical (unpaired) electrons. The van der Waals surface area contributed by atoms with Crippen LogP contribution in [0.4, 0.5) is 5.69 Å². The predicted molar refractivity (Wildman–Crippen MR) is 76.6 cm³/mol. The SMILES string of the molecule is CCS(=O)(=O)N1CCC[C@H](C(=O)Nc2cccnc2)C1. The van der Waals surface area contributed by atoms with Gasteiger partial charge in [0, 0.05) is 19.3 Å². The molecule has 1 saturated heterocycles. The van der Waals surface area contributed by atoms with Gasteiger partial charge in [-0.05, 0) is 31.9 Å². The van der Waals surface area contributed by atoms with Crippen molar-refractivity contribution in [2.45, 2.75) is 19.8 Å². The molecule has 2 rings (SSSR count). The molecule has 1 aromatic rings. The van der Waals surface area contributed by atoms with Crippen LogP contribution in [0.25, 0.3) is 0 Å². The fraction of sp³-hybridized carbons (Fsp3) is 0.538. The normalized spacial score (nSPS) is 20.6. The first-order valence-corrected chi connectivity index (χ1v) is 8.32. The Morgan fingerprint density at radius 1 is 1.55 bits per heavy atom. The highest BCUT2D eigenvalue weighted by atomic mass is 32.2. The summed E-state index contributed by atoms with van der Waals surface area (Å²) in [6.07, 6.45) is 4.62. The van der Waals surface area contributed by atoms with Gasteiger partial charge < -0.3 is 5.32 Å². The van der Waals surface area contributed by atoms with Crippen LogP contribution in [0.1, 0.15) is 19.8 Å². The van der Waals surface area contributed by atoms with Crippen LogP contribution in [0.2, 0.25) is 0 Å². The molecule has 6 nitrogen and oxygen atoms in total. The fourth-order valence-electron chi connectivity index (χ4n) is 2.27. The molecule has 0 aromatic carbocycles. The summed E-state index contributed by atoms with van der Waals surface area (Å²) in [5.74, 6) is -0.372. The summed E-state index contributed by atoms with van der Waals surface area (Å²) in [6, 6.07) is 3.50. The van der Waals surface area contributed by atoms with E-state index in [0.29, 0.717) is 25.1 Å². The maximum absolute atomic E-state index is 12.2. The third-order valence-electron chi connectivity index (χ3n) is 3.44. The van der Waals surface area contributed by atoms with E-state index < -0.39 is 10.0 Å². The first kappa shape index (κ1) is 14.9. The Balaban J connectivity index is 2.00. The van der Waals surface area contributed by atoms with E-state index in [2.05, 4.69) is 10.3 Å². The minimum absolute atomic E-state index is 0.0734. The molecule has 0 bridgehead atoms. The number of piperidine rings is 1. The van der Waals surface area contributed by atoms with Crippen LogP contribution < -0.4 is 5.32 Å². The zero-order valence-electron chi connectivity index (χ0n) is 11.4. The van der Waals surface area contributed by atoms with Crippen molar-refractivity contribution in [1.82, 2.24) is 9.29 Å². The Labute approximate surface area is 119 Å². The molecule has 1 N–H and O–H groups in total. The van der Waals surface area contributed by atoms with Crippen LogP contribution in [-0.2, 0) is 14.8 Å². The van der Waals surface area contributed by atoms with E-state index >= 15 is 0 Å². The molecule has 1 aliphatic rings. The van der Waals surface area contributed by atoms with Gasteiger partial charge in [0.25, 0.3) is 0 Å². The molecule has 1 atom stereocenters. The molecular formula is C13H19N3O3S. The van der Waals surface area contributed by atoms with Gasteiger partial charge in [0.1, 0.15) is 0 Å². The van der Waals surface area contributed by atoms with E-state index in [1.54, 1.807) is 31.5 Å². The molecule has 2 heterocycles. The van der Waals surface area contributed by atoms with Gasteiger partial charge in [-0.25, -0.2) is 12.7 Å². The van der Waals surface area contributed by atoms with Crippen molar-refractivity contribution in [3.05, 3.63) is 24.5 Å². The average Bonchev–Trinajstić information content (AvgIpc) is 2.48. The predicted octanol–water partition coefficient (Wildman–Crippen LogP) is 1.08. The third-order valence-corrected chi connectivity index (χ3v) is 5.29. The largest absolute Gasteiger partial charge is 0.324 e. The third kappa shape index (κ3) is 3.55. The standard InChI is InChI=1S/C13H19N3O3S/c1-2-20(18,19)16-8-4-5-11(10-16)13(17)15-12-6-3-7-14-9-12/h3,6-7,9,11H,2,4-5,8,10H2,1H3,(H,15,17)/t11-/m0/s1. The lowest BCUT2D eigenvalue weighted by Gasteiger charge is -2.30. The minimum atomic E-state index is -3.22. The zero-order chi connectivity index (χ0) is 14.6. The highest BCUT2D eigenvalue weighted by Crippen LogP contribution is 2.21. The van der Waals surface area contributed by atoms with Crippen LogP contribution in [0.5, 0.6) is 0 Å². The number of sulfonamides is 1. The van der Waals surface area contributed by atoms with Crippen LogP contribution in [0.3, 0.4) is 0 Å². The number of carbonyl (C=O) groups is 1. The van der Waals surface area contributed by atoms with Crippen molar-refractivity contribution < 1.29 is 13.2 Å². The van der Waals surface area contributed by atoms with Gasteiger partial charge in [-0.2, -0.15) is 0 Å². The summed E-state index contributed by atoms with van der Waals surface area (Å²) in [5, 5.41) is 2.78. The lowest BCUT2D eigenvalue weighted by molar-refractivity contribution is -0.120. The molecule has 0 spiro atoms. The van der Waals surface area contributed by atoms with E-state index in [-0.39, 0.29) is 24.1 Å². The number of nitrogens with zero attached hydrogens (tertiary/aromatic N) is 2. The highest BCUT2D eigenvalue weighted by molar-refractivity contribution is 7.89. The quantitative estimate of drug-likeness (QED) is 0.902. The van der Waals surface area contributed by atoms with E-state index in [9.17, 15) is 13.2 Å². The van der Waals surface area contributed by atoms with Gasteiger partial charge in [0.05, 0.1) is 23.6 Å². The molecule has 1 aromatic heterocycles. The first-order chi connectivity index (χ1) is 9.53. The Bertz CT molecular complexity index is 559. The number of carbonyl (C=O) groups excluding carboxylic acids is 1. The van der Waals surface area contributed by atoms with Crippen LogP contribution in [-0.4, -0.2) is 42.5 Å². The van der Waals surface area contributed by atoms with Gasteiger partial charge in [-0.1, -0.05) is 0 Å². The van der Waals surface area contributed by atoms with Crippen LogP contribution in [0, 0.1) is 5.92 Å². The lowest BCUT2D eigenvalue weighted by atomic mass is 9.99. The number of rotatable bonds is 4. The molecule has 0 unspecified atom stereocenters. The maximum atomic E-state index is 12.2. The number of pyridine rings is 1. The second kappa shape index (κ2) is 6.32. The molecule has 1 amide bonds. The summed E-state index contributed by atoms with van der Waals surface area (Å²) in [4.78, 5) is 16.1. The van der Waals surface area contributed by atoms with E-state index in [4.69, 9.17) is 0 Å². The van der Waals surface area contributed by atoms with E-state index in [1.165, 1.54) is 4.31 Å². The molecular weight excluding hydrogens is 278 g/mol. The monoisotopic (exact) mass is 297 g/mol. The summed E-state index contributed by atoms with van der Waals surface area (Å²) in [6.45, 7) is 2.39. The smallest absolute Gasteiger partial charge is 0.228 e. The average molecular weight is 297 g/mol. The molecule has 0 aliphatic carbocycles. The zero-order valence-corrected chi connectivity index (χ0v) is 12.3. The number of aromatic nitrogens is 1. The molecule has 7 heteroatoms. The van der Waals surface area contributed by atoms with Gasteiger partial charge in [-0.3, -0.25) is 9.78 Å². The highest BCUT2D eigenvalue weighted by Gasteiger charge is 2.31. The topological polar surface area (TPSA) is 79.4 Å². The van der Waals surface area contributed by atoms with Crippen LogP contribution in [0.15, 0.2) is 24.5 Å². The van der Waals surface area contributed by atoms with E-state index in [0.717, 1.165) is 0 Å². The number of nitrogens with one attached hydrogen (secondary N) is 1. The summed E-state index contributed by atoms with van der Waals surface area (Å²) in [7, 11) is -3.22. The molecule has 1 fully saturated rings.